The first-order chi connectivity index (χ1) is 10.1. The summed E-state index contributed by atoms with van der Waals surface area (Å²) in [4.78, 5) is 3.00. The SMILES string of the molecule is Cc1ccc(S(=O)(=O)N2C[C@@H]3CC4CCCN4[C@@H]3C2)cc1. The minimum Gasteiger partial charge on any atom is -0.296 e. The molecule has 5 heteroatoms. The van der Waals surface area contributed by atoms with Crippen molar-refractivity contribution in [2.45, 2.75) is 43.2 Å². The van der Waals surface area contributed by atoms with E-state index in [0.717, 1.165) is 18.2 Å². The van der Waals surface area contributed by atoms with Gasteiger partial charge in [-0.05, 0) is 50.8 Å². The summed E-state index contributed by atoms with van der Waals surface area (Å²) in [6.45, 7) is 4.51. The molecule has 3 atom stereocenters. The Balaban J connectivity index is 1.57. The molecule has 0 N–H and O–H groups in total. The molecule has 3 aliphatic heterocycles. The number of hydrogen-bond acceptors (Lipinski definition) is 3. The molecule has 3 saturated heterocycles. The average Bonchev–Trinajstić information content (AvgIpc) is 3.10. The predicted molar refractivity (Wildman–Crippen MR) is 81.6 cm³/mol. The lowest BCUT2D eigenvalue weighted by Crippen LogP contribution is -2.38. The van der Waals surface area contributed by atoms with Gasteiger partial charge >= 0.3 is 0 Å². The van der Waals surface area contributed by atoms with Gasteiger partial charge in [-0.25, -0.2) is 8.42 Å². The van der Waals surface area contributed by atoms with Crippen LogP contribution < -0.4 is 0 Å². The molecule has 3 fully saturated rings. The summed E-state index contributed by atoms with van der Waals surface area (Å²) in [7, 11) is -3.32. The van der Waals surface area contributed by atoms with Gasteiger partial charge in [-0.15, -0.1) is 0 Å². The third-order valence-corrected chi connectivity index (χ3v) is 7.30. The van der Waals surface area contributed by atoms with Gasteiger partial charge in [0.25, 0.3) is 0 Å². The minimum absolute atomic E-state index is 0.436. The first kappa shape index (κ1) is 13.7. The zero-order valence-corrected chi connectivity index (χ0v) is 13.2. The minimum atomic E-state index is -3.32. The molecule has 3 aliphatic rings. The van der Waals surface area contributed by atoms with E-state index in [4.69, 9.17) is 0 Å². The number of nitrogens with zero attached hydrogens (tertiary/aromatic N) is 2. The van der Waals surface area contributed by atoms with E-state index >= 15 is 0 Å². The Kier molecular flexibility index (Phi) is 3.14. The number of rotatable bonds is 2. The second kappa shape index (κ2) is 4.80. The van der Waals surface area contributed by atoms with Gasteiger partial charge in [0.1, 0.15) is 0 Å². The van der Waals surface area contributed by atoms with Gasteiger partial charge in [0.15, 0.2) is 0 Å². The molecule has 0 spiro atoms. The third kappa shape index (κ3) is 2.14. The molecule has 0 saturated carbocycles. The molecule has 4 rings (SSSR count). The quantitative estimate of drug-likeness (QED) is 0.837. The van der Waals surface area contributed by atoms with Crippen molar-refractivity contribution in [3.63, 3.8) is 0 Å². The van der Waals surface area contributed by atoms with Crippen molar-refractivity contribution in [1.29, 1.82) is 0 Å². The van der Waals surface area contributed by atoms with E-state index in [1.54, 1.807) is 16.4 Å². The highest BCUT2D eigenvalue weighted by Crippen LogP contribution is 2.41. The van der Waals surface area contributed by atoms with Gasteiger partial charge in [-0.2, -0.15) is 4.31 Å². The Hall–Kier alpha value is -0.910. The average molecular weight is 306 g/mol. The van der Waals surface area contributed by atoms with Crippen LogP contribution in [0.15, 0.2) is 29.2 Å². The molecule has 21 heavy (non-hydrogen) atoms. The Morgan fingerprint density at radius 3 is 2.67 bits per heavy atom. The van der Waals surface area contributed by atoms with Crippen LogP contribution in [-0.2, 0) is 10.0 Å². The van der Waals surface area contributed by atoms with Crippen molar-refractivity contribution in [2.24, 2.45) is 5.92 Å². The van der Waals surface area contributed by atoms with Crippen LogP contribution in [0, 0.1) is 12.8 Å². The number of aryl methyl sites for hydroxylation is 1. The summed E-state index contributed by atoms with van der Waals surface area (Å²) in [6.07, 6.45) is 3.76. The van der Waals surface area contributed by atoms with Crippen LogP contribution in [0.5, 0.6) is 0 Å². The van der Waals surface area contributed by atoms with Crippen LogP contribution in [-0.4, -0.2) is 49.3 Å². The summed E-state index contributed by atoms with van der Waals surface area (Å²) in [5.41, 5.74) is 1.09. The molecule has 4 nitrogen and oxygen atoms in total. The lowest BCUT2D eigenvalue weighted by Gasteiger charge is -2.24. The molecule has 3 heterocycles. The van der Waals surface area contributed by atoms with E-state index in [0.29, 0.717) is 29.9 Å². The van der Waals surface area contributed by atoms with Gasteiger partial charge in [-0.3, -0.25) is 4.90 Å². The summed E-state index contributed by atoms with van der Waals surface area (Å²) < 4.78 is 27.3. The van der Waals surface area contributed by atoms with Crippen LogP contribution in [0.25, 0.3) is 0 Å². The Morgan fingerprint density at radius 1 is 1.14 bits per heavy atom. The fourth-order valence-corrected chi connectivity index (χ4v) is 5.89. The first-order valence-electron chi connectivity index (χ1n) is 7.88. The highest BCUT2D eigenvalue weighted by atomic mass is 32.2. The van der Waals surface area contributed by atoms with E-state index in [9.17, 15) is 8.42 Å². The predicted octanol–water partition coefficient (Wildman–Crippen LogP) is 1.85. The van der Waals surface area contributed by atoms with Crippen LogP contribution in [0.3, 0.4) is 0 Å². The molecule has 114 valence electrons. The topological polar surface area (TPSA) is 40.6 Å². The summed E-state index contributed by atoms with van der Waals surface area (Å²) >= 11 is 0. The second-order valence-corrected chi connectivity index (χ2v) is 8.67. The van der Waals surface area contributed by atoms with Crippen molar-refractivity contribution < 1.29 is 8.42 Å². The van der Waals surface area contributed by atoms with Crippen LogP contribution in [0.4, 0.5) is 0 Å². The van der Waals surface area contributed by atoms with Gasteiger partial charge in [0.05, 0.1) is 4.90 Å². The zero-order chi connectivity index (χ0) is 14.6. The maximum absolute atomic E-state index is 12.8. The van der Waals surface area contributed by atoms with Crippen LogP contribution in [0.1, 0.15) is 24.8 Å². The fraction of sp³-hybridized carbons (Fsp3) is 0.625. The smallest absolute Gasteiger partial charge is 0.243 e. The standard InChI is InChI=1S/C16H22N2O2S/c1-12-4-6-15(7-5-12)21(19,20)17-10-13-9-14-3-2-8-18(14)16(13)11-17/h4-7,13-14,16H,2-3,8-11H2,1H3/t13-,14?,16+/m0/s1. The highest BCUT2D eigenvalue weighted by Gasteiger charge is 2.50. The van der Waals surface area contributed by atoms with Gasteiger partial charge < -0.3 is 0 Å². The normalized spacial score (nSPS) is 33.3. The maximum Gasteiger partial charge on any atom is 0.243 e. The molecule has 0 radical (unpaired) electrons. The molecule has 0 aliphatic carbocycles. The lowest BCUT2D eigenvalue weighted by atomic mass is 10.0. The maximum atomic E-state index is 12.8. The number of fused-ring (bicyclic) bond motifs is 3. The monoisotopic (exact) mass is 306 g/mol. The zero-order valence-electron chi connectivity index (χ0n) is 12.4. The van der Waals surface area contributed by atoms with Gasteiger partial charge in [0, 0.05) is 25.2 Å². The molecule has 1 aromatic rings. The second-order valence-electron chi connectivity index (χ2n) is 6.73. The summed E-state index contributed by atoms with van der Waals surface area (Å²) in [5.74, 6) is 0.538. The van der Waals surface area contributed by atoms with E-state index in [2.05, 4.69) is 4.90 Å². The van der Waals surface area contributed by atoms with Crippen molar-refractivity contribution in [3.8, 4) is 0 Å². The van der Waals surface area contributed by atoms with Crippen LogP contribution in [0.2, 0.25) is 0 Å². The van der Waals surface area contributed by atoms with E-state index in [1.807, 2.05) is 19.1 Å². The molecular formula is C16H22N2O2S. The Labute approximate surface area is 126 Å². The molecule has 0 bridgehead atoms. The molecule has 1 aromatic carbocycles. The van der Waals surface area contributed by atoms with Crippen molar-refractivity contribution in [1.82, 2.24) is 9.21 Å². The lowest BCUT2D eigenvalue weighted by molar-refractivity contribution is 0.237. The van der Waals surface area contributed by atoms with Gasteiger partial charge in [0.2, 0.25) is 10.0 Å². The van der Waals surface area contributed by atoms with E-state index in [-0.39, 0.29) is 0 Å². The molecule has 0 aromatic heterocycles. The number of hydrogen-bond donors (Lipinski definition) is 0. The summed E-state index contributed by atoms with van der Waals surface area (Å²) in [6, 6.07) is 8.40. The van der Waals surface area contributed by atoms with Crippen molar-refractivity contribution >= 4 is 10.0 Å². The van der Waals surface area contributed by atoms with E-state index < -0.39 is 10.0 Å². The largest absolute Gasteiger partial charge is 0.296 e. The fourth-order valence-electron chi connectivity index (χ4n) is 4.38. The Morgan fingerprint density at radius 2 is 1.90 bits per heavy atom. The van der Waals surface area contributed by atoms with Gasteiger partial charge in [-0.1, -0.05) is 17.7 Å². The van der Waals surface area contributed by atoms with Crippen LogP contribution >= 0.6 is 0 Å². The molecular weight excluding hydrogens is 284 g/mol. The van der Waals surface area contributed by atoms with Crippen molar-refractivity contribution in [3.05, 3.63) is 29.8 Å². The van der Waals surface area contributed by atoms with Crippen molar-refractivity contribution in [2.75, 3.05) is 19.6 Å². The third-order valence-electron chi connectivity index (χ3n) is 5.46. The Bertz CT molecular complexity index is 641. The number of benzene rings is 1. The van der Waals surface area contributed by atoms with E-state index in [1.165, 1.54) is 19.3 Å². The molecule has 0 amide bonds. The molecule has 1 unspecified atom stereocenters. The highest BCUT2D eigenvalue weighted by molar-refractivity contribution is 7.89. The first-order valence-corrected chi connectivity index (χ1v) is 9.32. The number of sulfonamides is 1. The summed E-state index contributed by atoms with van der Waals surface area (Å²) in [5, 5.41) is 0.